The number of phenols is 1. The van der Waals surface area contributed by atoms with Crippen molar-refractivity contribution in [2.45, 2.75) is 0 Å². The van der Waals surface area contributed by atoms with Crippen LogP contribution in [0.1, 0.15) is 0 Å². The minimum atomic E-state index is -4.72. The van der Waals surface area contributed by atoms with Crippen molar-refractivity contribution >= 4 is 32.5 Å². The molecule has 0 heterocycles. The average molecular weight is 297 g/mol. The molecule has 0 atom stereocenters. The molecule has 0 saturated carbocycles. The Hall–Kier alpha value is -2.59. The Balaban J connectivity index is 2.78. The van der Waals surface area contributed by atoms with Crippen molar-refractivity contribution in [3.8, 4) is 5.75 Å². The Morgan fingerprint density at radius 3 is 2.45 bits per heavy atom. The second-order valence-corrected chi connectivity index (χ2v) is 4.75. The Bertz CT molecular complexity index is 830. The molecule has 0 amide bonds. The highest BCUT2D eigenvalue weighted by atomic mass is 32.2. The highest BCUT2D eigenvalue weighted by molar-refractivity contribution is 7.84. The first-order valence-corrected chi connectivity index (χ1v) is 6.49. The maximum absolute atomic E-state index is 10.9. The highest BCUT2D eigenvalue weighted by Gasteiger charge is 2.16. The topological polar surface area (TPSA) is 142 Å². The maximum atomic E-state index is 10.9. The van der Waals surface area contributed by atoms with Gasteiger partial charge >= 0.3 is 10.3 Å². The van der Waals surface area contributed by atoms with E-state index in [0.29, 0.717) is 0 Å². The monoisotopic (exact) mass is 297 g/mol. The molecule has 0 spiro atoms. The Morgan fingerprint density at radius 2 is 1.85 bits per heavy atom. The molecule has 2 rings (SSSR count). The zero-order valence-corrected chi connectivity index (χ0v) is 10.5. The van der Waals surface area contributed by atoms with Crippen molar-refractivity contribution in [1.29, 1.82) is 0 Å². The highest BCUT2D eigenvalue weighted by Crippen LogP contribution is 2.38. The molecule has 0 aliphatic rings. The molecule has 0 unspecified atom stereocenters. The van der Waals surface area contributed by atoms with Crippen LogP contribution in [0.25, 0.3) is 10.8 Å². The largest absolute Gasteiger partial charge is 0.506 e. The molecule has 0 radical (unpaired) electrons. The third-order valence-corrected chi connectivity index (χ3v) is 2.72. The van der Waals surface area contributed by atoms with Gasteiger partial charge in [0.05, 0.1) is 10.3 Å². The standard InChI is InChI=1S/C10H7N3O6S/c14-9-5-4-6-7(2-1-3-8(6)13(15)16)10(9)11-12-20(17,18)19/h1-5,14H,(H,17,18,19). The summed E-state index contributed by atoms with van der Waals surface area (Å²) >= 11 is 0. The zero-order valence-electron chi connectivity index (χ0n) is 9.66. The van der Waals surface area contributed by atoms with E-state index in [4.69, 9.17) is 4.55 Å². The second kappa shape index (κ2) is 4.83. The van der Waals surface area contributed by atoms with Gasteiger partial charge in [-0.25, -0.2) is 0 Å². The molecule has 0 saturated heterocycles. The SMILES string of the molecule is O=[N+]([O-])c1cccc2c(N=NS(=O)(=O)O)c(O)ccc12. The summed E-state index contributed by atoms with van der Waals surface area (Å²) in [5.41, 5.74) is -0.519. The fourth-order valence-electron chi connectivity index (χ4n) is 1.67. The predicted molar refractivity (Wildman–Crippen MR) is 68.3 cm³/mol. The van der Waals surface area contributed by atoms with Crippen molar-refractivity contribution < 1.29 is 23.0 Å². The fraction of sp³-hybridized carbons (Fsp3) is 0. The van der Waals surface area contributed by atoms with Crippen LogP contribution in [0.5, 0.6) is 5.75 Å². The van der Waals surface area contributed by atoms with Gasteiger partial charge in [-0.05, 0) is 16.7 Å². The van der Waals surface area contributed by atoms with Gasteiger partial charge in [0.25, 0.3) is 5.69 Å². The number of non-ortho nitro benzene ring substituents is 1. The zero-order chi connectivity index (χ0) is 14.9. The van der Waals surface area contributed by atoms with Gasteiger partial charge in [-0.15, -0.1) is 5.11 Å². The van der Waals surface area contributed by atoms with Gasteiger partial charge in [-0.2, -0.15) is 8.42 Å². The molecule has 2 N–H and O–H groups in total. The van der Waals surface area contributed by atoms with Crippen molar-refractivity contribution in [1.82, 2.24) is 0 Å². The van der Waals surface area contributed by atoms with Crippen LogP contribution in [0, 0.1) is 10.1 Å². The lowest BCUT2D eigenvalue weighted by Gasteiger charge is -2.04. The van der Waals surface area contributed by atoms with Crippen LogP contribution in [0.4, 0.5) is 11.4 Å². The van der Waals surface area contributed by atoms with E-state index in [1.807, 2.05) is 0 Å². The van der Waals surface area contributed by atoms with Crippen LogP contribution in [-0.4, -0.2) is 23.0 Å². The van der Waals surface area contributed by atoms with Crippen LogP contribution in [0.3, 0.4) is 0 Å². The molecular formula is C10H7N3O6S. The molecule has 0 aliphatic heterocycles. The predicted octanol–water partition coefficient (Wildman–Crippen LogP) is 2.34. The minimum absolute atomic E-state index is 0.131. The van der Waals surface area contributed by atoms with Gasteiger partial charge in [0.15, 0.2) is 0 Å². The van der Waals surface area contributed by atoms with Crippen LogP contribution in [-0.2, 0) is 10.3 Å². The first-order valence-electron chi connectivity index (χ1n) is 5.09. The van der Waals surface area contributed by atoms with E-state index < -0.39 is 21.0 Å². The van der Waals surface area contributed by atoms with E-state index in [2.05, 4.69) is 9.63 Å². The molecule has 0 fully saturated rings. The number of benzene rings is 2. The summed E-state index contributed by atoms with van der Waals surface area (Å²) in [4.78, 5) is 10.3. The van der Waals surface area contributed by atoms with E-state index >= 15 is 0 Å². The van der Waals surface area contributed by atoms with E-state index in [-0.39, 0.29) is 22.1 Å². The Labute approximate surface area is 112 Å². The number of phenolic OH excluding ortho intramolecular Hbond substituents is 1. The maximum Gasteiger partial charge on any atom is 0.396 e. The summed E-state index contributed by atoms with van der Waals surface area (Å²) in [5.74, 6) is -0.426. The van der Waals surface area contributed by atoms with Crippen molar-refractivity contribution in [2.75, 3.05) is 0 Å². The first kappa shape index (κ1) is 13.8. The van der Waals surface area contributed by atoms with Gasteiger partial charge in [-0.3, -0.25) is 14.7 Å². The normalized spacial score (nSPS) is 12.1. The van der Waals surface area contributed by atoms with Gasteiger partial charge in [0, 0.05) is 11.5 Å². The summed E-state index contributed by atoms with van der Waals surface area (Å²) in [6.45, 7) is 0. The summed E-state index contributed by atoms with van der Waals surface area (Å²) in [6.07, 6.45) is 0. The van der Waals surface area contributed by atoms with Gasteiger partial charge in [0.2, 0.25) is 0 Å². The van der Waals surface area contributed by atoms with Crippen LogP contribution < -0.4 is 0 Å². The molecule has 9 nitrogen and oxygen atoms in total. The number of nitro groups is 1. The minimum Gasteiger partial charge on any atom is -0.506 e. The van der Waals surface area contributed by atoms with E-state index in [0.717, 1.165) is 6.07 Å². The first-order chi connectivity index (χ1) is 9.29. The number of rotatable bonds is 3. The summed E-state index contributed by atoms with van der Waals surface area (Å²) < 4.78 is 32.2. The van der Waals surface area contributed by atoms with Crippen molar-refractivity contribution in [3.63, 3.8) is 0 Å². The van der Waals surface area contributed by atoms with E-state index in [1.54, 1.807) is 0 Å². The Kier molecular flexibility index (Phi) is 3.34. The van der Waals surface area contributed by atoms with Crippen LogP contribution in [0.15, 0.2) is 40.0 Å². The number of nitrogens with zero attached hydrogens (tertiary/aromatic N) is 3. The van der Waals surface area contributed by atoms with Gasteiger partial charge in [-0.1, -0.05) is 12.1 Å². The molecule has 10 heteroatoms. The van der Waals surface area contributed by atoms with Gasteiger partial charge < -0.3 is 5.11 Å². The lowest BCUT2D eigenvalue weighted by molar-refractivity contribution is -0.383. The van der Waals surface area contributed by atoms with Crippen LogP contribution >= 0.6 is 0 Å². The van der Waals surface area contributed by atoms with Gasteiger partial charge in [0.1, 0.15) is 11.4 Å². The fourth-order valence-corrected chi connectivity index (χ4v) is 1.86. The molecular weight excluding hydrogens is 290 g/mol. The average Bonchev–Trinajstić information content (AvgIpc) is 2.35. The molecule has 0 aliphatic carbocycles. The molecule has 2 aromatic rings. The molecule has 0 bridgehead atoms. The quantitative estimate of drug-likeness (QED) is 0.385. The lowest BCUT2D eigenvalue weighted by Crippen LogP contribution is -1.90. The summed E-state index contributed by atoms with van der Waals surface area (Å²) in [7, 11) is -4.72. The number of nitro benzene ring substituents is 1. The third kappa shape index (κ3) is 2.70. The number of hydrogen-bond donors (Lipinski definition) is 2. The molecule has 104 valence electrons. The van der Waals surface area contributed by atoms with E-state index in [1.165, 1.54) is 24.3 Å². The molecule has 0 aromatic heterocycles. The molecule has 2 aromatic carbocycles. The van der Waals surface area contributed by atoms with Crippen LogP contribution in [0.2, 0.25) is 0 Å². The third-order valence-electron chi connectivity index (χ3n) is 2.43. The van der Waals surface area contributed by atoms with Crippen molar-refractivity contribution in [3.05, 3.63) is 40.4 Å². The smallest absolute Gasteiger partial charge is 0.396 e. The summed E-state index contributed by atoms with van der Waals surface area (Å²) in [6, 6.07) is 6.43. The Morgan fingerprint density at radius 1 is 1.15 bits per heavy atom. The summed E-state index contributed by atoms with van der Waals surface area (Å²) in [5, 5.41) is 24.0. The number of fused-ring (bicyclic) bond motifs is 1. The van der Waals surface area contributed by atoms with E-state index in [9.17, 15) is 23.6 Å². The second-order valence-electron chi connectivity index (χ2n) is 3.69. The number of hydrogen-bond acceptors (Lipinski definition) is 6. The number of aromatic hydroxyl groups is 1. The molecule has 20 heavy (non-hydrogen) atoms. The van der Waals surface area contributed by atoms with Crippen molar-refractivity contribution in [2.24, 2.45) is 9.63 Å². The lowest BCUT2D eigenvalue weighted by atomic mass is 10.1.